The SMILES string of the molecule is COc1ccc(CNC(=O)Cn2c(Br)nc(C)c2Br)cc1. The Labute approximate surface area is 140 Å². The average molecular weight is 417 g/mol. The van der Waals surface area contributed by atoms with Gasteiger partial charge in [-0.25, -0.2) is 4.98 Å². The summed E-state index contributed by atoms with van der Waals surface area (Å²) in [7, 11) is 1.62. The number of amides is 1. The molecule has 0 aliphatic heterocycles. The highest BCUT2D eigenvalue weighted by Gasteiger charge is 2.13. The minimum Gasteiger partial charge on any atom is -0.497 e. The lowest BCUT2D eigenvalue weighted by Gasteiger charge is -2.08. The molecule has 112 valence electrons. The molecule has 0 aliphatic rings. The number of hydrogen-bond donors (Lipinski definition) is 1. The largest absolute Gasteiger partial charge is 0.497 e. The molecule has 21 heavy (non-hydrogen) atoms. The van der Waals surface area contributed by atoms with Crippen LogP contribution in [0.15, 0.2) is 33.6 Å². The van der Waals surface area contributed by atoms with Crippen molar-refractivity contribution in [2.24, 2.45) is 0 Å². The minimum absolute atomic E-state index is 0.0791. The van der Waals surface area contributed by atoms with E-state index < -0.39 is 0 Å². The molecule has 1 amide bonds. The summed E-state index contributed by atoms with van der Waals surface area (Å²) in [4.78, 5) is 16.2. The molecule has 7 heteroatoms. The number of imidazole rings is 1. The standard InChI is InChI=1S/C14H15Br2N3O2/c1-9-13(15)19(14(16)18-9)8-12(20)17-7-10-3-5-11(21-2)6-4-10/h3-6H,7-8H2,1-2H3,(H,17,20). The van der Waals surface area contributed by atoms with E-state index >= 15 is 0 Å². The van der Waals surface area contributed by atoms with E-state index in [1.165, 1.54) is 0 Å². The molecule has 1 heterocycles. The molecule has 0 radical (unpaired) electrons. The molecular formula is C14H15Br2N3O2. The van der Waals surface area contributed by atoms with Crippen molar-refractivity contribution >= 4 is 37.8 Å². The lowest BCUT2D eigenvalue weighted by Crippen LogP contribution is -2.27. The highest BCUT2D eigenvalue weighted by molar-refractivity contribution is 9.11. The maximum atomic E-state index is 12.0. The fraction of sp³-hybridized carbons (Fsp3) is 0.286. The zero-order valence-electron chi connectivity index (χ0n) is 11.7. The Balaban J connectivity index is 1.92. The van der Waals surface area contributed by atoms with Gasteiger partial charge in [-0.05, 0) is 56.5 Å². The van der Waals surface area contributed by atoms with Crippen LogP contribution in [0.5, 0.6) is 5.75 Å². The van der Waals surface area contributed by atoms with Crippen LogP contribution in [0, 0.1) is 6.92 Å². The first-order valence-corrected chi connectivity index (χ1v) is 7.87. The number of carbonyl (C=O) groups excluding carboxylic acids is 1. The van der Waals surface area contributed by atoms with E-state index in [4.69, 9.17) is 4.74 Å². The number of aryl methyl sites for hydroxylation is 1. The number of halogens is 2. The van der Waals surface area contributed by atoms with Gasteiger partial charge in [0.05, 0.1) is 12.8 Å². The molecule has 0 atom stereocenters. The summed E-state index contributed by atoms with van der Waals surface area (Å²) in [5, 5.41) is 2.88. The molecular weight excluding hydrogens is 402 g/mol. The summed E-state index contributed by atoms with van der Waals surface area (Å²) in [5.74, 6) is 0.719. The second kappa shape index (κ2) is 7.09. The highest BCUT2D eigenvalue weighted by atomic mass is 79.9. The molecule has 0 bridgehead atoms. The van der Waals surface area contributed by atoms with Gasteiger partial charge in [-0.1, -0.05) is 12.1 Å². The minimum atomic E-state index is -0.0791. The van der Waals surface area contributed by atoms with Crippen molar-refractivity contribution in [3.05, 3.63) is 44.9 Å². The van der Waals surface area contributed by atoms with Gasteiger partial charge in [-0.2, -0.15) is 0 Å². The van der Waals surface area contributed by atoms with Gasteiger partial charge in [0.2, 0.25) is 5.91 Å². The van der Waals surface area contributed by atoms with Crippen molar-refractivity contribution in [1.82, 2.24) is 14.9 Å². The van der Waals surface area contributed by atoms with E-state index in [2.05, 4.69) is 42.2 Å². The third kappa shape index (κ3) is 4.07. The van der Waals surface area contributed by atoms with Gasteiger partial charge in [-0.3, -0.25) is 4.79 Å². The van der Waals surface area contributed by atoms with Crippen LogP contribution >= 0.6 is 31.9 Å². The Bertz CT molecular complexity index is 638. The van der Waals surface area contributed by atoms with Crippen LogP contribution in [0.3, 0.4) is 0 Å². The van der Waals surface area contributed by atoms with E-state index in [0.717, 1.165) is 21.6 Å². The summed E-state index contributed by atoms with van der Waals surface area (Å²) in [5.41, 5.74) is 1.86. The smallest absolute Gasteiger partial charge is 0.240 e. The van der Waals surface area contributed by atoms with Gasteiger partial charge in [0.15, 0.2) is 4.73 Å². The zero-order chi connectivity index (χ0) is 15.4. The number of ether oxygens (including phenoxy) is 1. The first-order chi connectivity index (χ1) is 10.0. The Morgan fingerprint density at radius 2 is 2.00 bits per heavy atom. The van der Waals surface area contributed by atoms with Crippen molar-refractivity contribution in [3.8, 4) is 5.75 Å². The number of hydrogen-bond acceptors (Lipinski definition) is 3. The third-order valence-electron chi connectivity index (χ3n) is 2.97. The average Bonchev–Trinajstić information content (AvgIpc) is 2.72. The molecule has 5 nitrogen and oxygen atoms in total. The topological polar surface area (TPSA) is 56.1 Å². The first-order valence-electron chi connectivity index (χ1n) is 6.29. The Hall–Kier alpha value is -1.34. The molecule has 0 spiro atoms. The maximum absolute atomic E-state index is 12.0. The van der Waals surface area contributed by atoms with Crippen LogP contribution in [-0.4, -0.2) is 22.6 Å². The number of methoxy groups -OCH3 is 1. The number of aromatic nitrogens is 2. The molecule has 1 N–H and O–H groups in total. The lowest BCUT2D eigenvalue weighted by atomic mass is 10.2. The molecule has 2 aromatic rings. The van der Waals surface area contributed by atoms with E-state index in [1.54, 1.807) is 11.7 Å². The number of nitrogens with one attached hydrogen (secondary N) is 1. The van der Waals surface area contributed by atoms with Crippen LogP contribution in [0.1, 0.15) is 11.3 Å². The Kier molecular flexibility index (Phi) is 5.41. The molecule has 2 rings (SSSR count). The molecule has 0 saturated carbocycles. The number of carbonyl (C=O) groups is 1. The summed E-state index contributed by atoms with van der Waals surface area (Å²) in [6.45, 7) is 2.56. The number of benzene rings is 1. The molecule has 0 fully saturated rings. The van der Waals surface area contributed by atoms with Crippen molar-refractivity contribution in [3.63, 3.8) is 0 Å². The summed E-state index contributed by atoms with van der Waals surface area (Å²) >= 11 is 6.75. The fourth-order valence-corrected chi connectivity index (χ4v) is 2.99. The van der Waals surface area contributed by atoms with Crippen LogP contribution in [0.25, 0.3) is 0 Å². The van der Waals surface area contributed by atoms with Crippen molar-refractivity contribution in [2.75, 3.05) is 7.11 Å². The van der Waals surface area contributed by atoms with Gasteiger partial charge in [0.1, 0.15) is 16.9 Å². The van der Waals surface area contributed by atoms with Crippen LogP contribution in [0.2, 0.25) is 0 Å². The molecule has 0 aliphatic carbocycles. The van der Waals surface area contributed by atoms with Crippen LogP contribution < -0.4 is 10.1 Å². The van der Waals surface area contributed by atoms with Crippen LogP contribution in [-0.2, 0) is 17.9 Å². The molecule has 1 aromatic heterocycles. The van der Waals surface area contributed by atoms with E-state index in [-0.39, 0.29) is 12.5 Å². The monoisotopic (exact) mass is 415 g/mol. The molecule has 0 saturated heterocycles. The maximum Gasteiger partial charge on any atom is 0.240 e. The number of rotatable bonds is 5. The van der Waals surface area contributed by atoms with Gasteiger partial charge in [-0.15, -0.1) is 0 Å². The van der Waals surface area contributed by atoms with Crippen molar-refractivity contribution < 1.29 is 9.53 Å². The predicted molar refractivity (Wildman–Crippen MR) is 87.2 cm³/mol. The number of nitrogens with zero attached hydrogens (tertiary/aromatic N) is 2. The van der Waals surface area contributed by atoms with Crippen molar-refractivity contribution in [1.29, 1.82) is 0 Å². The molecule has 1 aromatic carbocycles. The van der Waals surface area contributed by atoms with Gasteiger partial charge < -0.3 is 14.6 Å². The van der Waals surface area contributed by atoms with Gasteiger partial charge >= 0.3 is 0 Å². The second-order valence-corrected chi connectivity index (χ2v) is 5.93. The lowest BCUT2D eigenvalue weighted by molar-refractivity contribution is -0.121. The summed E-state index contributed by atoms with van der Waals surface area (Å²) in [6.07, 6.45) is 0. The highest BCUT2D eigenvalue weighted by Crippen LogP contribution is 2.21. The quantitative estimate of drug-likeness (QED) is 0.814. The van der Waals surface area contributed by atoms with Crippen LogP contribution in [0.4, 0.5) is 0 Å². The zero-order valence-corrected chi connectivity index (χ0v) is 14.9. The van der Waals surface area contributed by atoms with E-state index in [0.29, 0.717) is 11.3 Å². The van der Waals surface area contributed by atoms with E-state index in [1.807, 2.05) is 31.2 Å². The Morgan fingerprint density at radius 1 is 1.33 bits per heavy atom. The van der Waals surface area contributed by atoms with Crippen molar-refractivity contribution in [2.45, 2.75) is 20.0 Å². The normalized spacial score (nSPS) is 10.5. The summed E-state index contributed by atoms with van der Waals surface area (Å²) < 4.78 is 8.29. The van der Waals surface area contributed by atoms with Gasteiger partial charge in [0, 0.05) is 6.54 Å². The fourth-order valence-electron chi connectivity index (χ4n) is 1.80. The first kappa shape index (κ1) is 16.0. The second-order valence-electron chi connectivity index (χ2n) is 4.47. The summed E-state index contributed by atoms with van der Waals surface area (Å²) in [6, 6.07) is 7.58. The van der Waals surface area contributed by atoms with Gasteiger partial charge in [0.25, 0.3) is 0 Å². The molecule has 0 unspecified atom stereocenters. The predicted octanol–water partition coefficient (Wildman–Crippen LogP) is 3.04. The van der Waals surface area contributed by atoms with E-state index in [9.17, 15) is 4.79 Å². The third-order valence-corrected chi connectivity index (χ3v) is 4.58. The Morgan fingerprint density at radius 3 is 2.52 bits per heavy atom.